The van der Waals surface area contributed by atoms with Gasteiger partial charge in [0.05, 0.1) is 10.6 Å². The summed E-state index contributed by atoms with van der Waals surface area (Å²) in [4.78, 5) is 27.4. The molecule has 34 heavy (non-hydrogen) atoms. The molecular formula is C27H24N2O3S2. The number of anilines is 2. The van der Waals surface area contributed by atoms with Gasteiger partial charge in [0.25, 0.3) is 11.8 Å². The van der Waals surface area contributed by atoms with Crippen molar-refractivity contribution in [3.05, 3.63) is 93.9 Å². The number of rotatable bonds is 6. The van der Waals surface area contributed by atoms with Crippen molar-refractivity contribution in [3.8, 4) is 5.75 Å². The molecule has 1 heterocycles. The molecule has 1 N–H and O–H groups in total. The van der Waals surface area contributed by atoms with Gasteiger partial charge in [-0.05, 0) is 73.9 Å². The Bertz CT molecular complexity index is 1300. The summed E-state index contributed by atoms with van der Waals surface area (Å²) in [6.07, 6.45) is 1.79. The Morgan fingerprint density at radius 2 is 1.76 bits per heavy atom. The summed E-state index contributed by atoms with van der Waals surface area (Å²) in [5, 5.41) is 2.89. The van der Waals surface area contributed by atoms with E-state index in [9.17, 15) is 9.59 Å². The van der Waals surface area contributed by atoms with Crippen LogP contribution in [0.3, 0.4) is 0 Å². The second-order valence-electron chi connectivity index (χ2n) is 8.08. The Labute approximate surface area is 208 Å². The standard InChI is InChI=1S/C27H24N2O3S2/c1-17-8-11-21(12-9-17)29-26(31)24(34-27(29)33)15-20-5-4-6-22(14-20)32-16-25(30)28-23-13-18(2)7-10-19(23)3/h4-15H,16H2,1-3H3,(H,28,30)/b24-15-. The van der Waals surface area contributed by atoms with E-state index in [-0.39, 0.29) is 18.4 Å². The molecule has 0 aliphatic carbocycles. The van der Waals surface area contributed by atoms with E-state index in [1.165, 1.54) is 11.8 Å². The van der Waals surface area contributed by atoms with Gasteiger partial charge < -0.3 is 10.1 Å². The first kappa shape index (κ1) is 23.7. The van der Waals surface area contributed by atoms with E-state index in [2.05, 4.69) is 5.32 Å². The van der Waals surface area contributed by atoms with E-state index in [0.717, 1.165) is 33.6 Å². The predicted molar refractivity (Wildman–Crippen MR) is 143 cm³/mol. The fraction of sp³-hybridized carbons (Fsp3) is 0.148. The third kappa shape index (κ3) is 5.55. The number of ether oxygens (including phenoxy) is 1. The first-order chi connectivity index (χ1) is 16.3. The minimum atomic E-state index is -0.238. The van der Waals surface area contributed by atoms with Crippen molar-refractivity contribution in [2.24, 2.45) is 0 Å². The molecule has 0 unspecified atom stereocenters. The van der Waals surface area contributed by atoms with Crippen LogP contribution in [0.15, 0.2) is 71.6 Å². The van der Waals surface area contributed by atoms with Crippen molar-refractivity contribution in [1.29, 1.82) is 0 Å². The number of carbonyl (C=O) groups excluding carboxylic acids is 2. The Balaban J connectivity index is 1.42. The number of benzene rings is 3. The summed E-state index contributed by atoms with van der Waals surface area (Å²) in [6, 6.07) is 20.9. The van der Waals surface area contributed by atoms with Crippen molar-refractivity contribution in [2.75, 3.05) is 16.8 Å². The minimum Gasteiger partial charge on any atom is -0.484 e. The average Bonchev–Trinajstić information content (AvgIpc) is 3.08. The molecule has 1 fully saturated rings. The van der Waals surface area contributed by atoms with Gasteiger partial charge in [-0.1, -0.05) is 65.9 Å². The lowest BCUT2D eigenvalue weighted by atomic mass is 10.1. The molecule has 2 amide bonds. The molecule has 1 aliphatic heterocycles. The number of hydrogen-bond acceptors (Lipinski definition) is 5. The van der Waals surface area contributed by atoms with Crippen molar-refractivity contribution in [2.45, 2.75) is 20.8 Å². The zero-order chi connectivity index (χ0) is 24.2. The molecule has 4 rings (SSSR count). The lowest BCUT2D eigenvalue weighted by Gasteiger charge is -2.14. The minimum absolute atomic E-state index is 0.119. The molecule has 0 aromatic heterocycles. The lowest BCUT2D eigenvalue weighted by Crippen LogP contribution is -2.27. The Morgan fingerprint density at radius 3 is 2.53 bits per heavy atom. The third-order valence-corrected chi connectivity index (χ3v) is 6.58. The highest BCUT2D eigenvalue weighted by molar-refractivity contribution is 8.27. The van der Waals surface area contributed by atoms with Crippen LogP contribution in [0.25, 0.3) is 6.08 Å². The SMILES string of the molecule is Cc1ccc(N2C(=O)/C(=C/c3cccc(OCC(=O)Nc4cc(C)ccc4C)c3)SC2=S)cc1. The van der Waals surface area contributed by atoms with E-state index < -0.39 is 0 Å². The van der Waals surface area contributed by atoms with Gasteiger partial charge in [0.2, 0.25) is 0 Å². The highest BCUT2D eigenvalue weighted by atomic mass is 32.2. The van der Waals surface area contributed by atoms with Crippen LogP contribution in [-0.2, 0) is 9.59 Å². The largest absolute Gasteiger partial charge is 0.484 e. The Hall–Kier alpha value is -3.42. The maximum atomic E-state index is 13.0. The normalized spacial score (nSPS) is 14.6. The van der Waals surface area contributed by atoms with E-state index >= 15 is 0 Å². The Kier molecular flexibility index (Phi) is 7.14. The van der Waals surface area contributed by atoms with Gasteiger partial charge in [-0.15, -0.1) is 0 Å². The molecule has 0 radical (unpaired) electrons. The number of hydrogen-bond donors (Lipinski definition) is 1. The third-order valence-electron chi connectivity index (χ3n) is 5.28. The summed E-state index contributed by atoms with van der Waals surface area (Å²) in [7, 11) is 0. The van der Waals surface area contributed by atoms with Crippen molar-refractivity contribution in [3.63, 3.8) is 0 Å². The fourth-order valence-corrected chi connectivity index (χ4v) is 4.73. The van der Waals surface area contributed by atoms with Crippen LogP contribution in [0.4, 0.5) is 11.4 Å². The average molecular weight is 489 g/mol. The van der Waals surface area contributed by atoms with Gasteiger partial charge in [0.15, 0.2) is 10.9 Å². The van der Waals surface area contributed by atoms with Crippen LogP contribution in [0, 0.1) is 20.8 Å². The summed E-state index contributed by atoms with van der Waals surface area (Å²) >= 11 is 6.72. The second kappa shape index (κ2) is 10.2. The quantitative estimate of drug-likeness (QED) is 0.339. The molecule has 3 aromatic carbocycles. The molecule has 0 bridgehead atoms. The van der Waals surface area contributed by atoms with Crippen molar-refractivity contribution >= 4 is 57.6 Å². The van der Waals surface area contributed by atoms with Gasteiger partial charge in [0, 0.05) is 5.69 Å². The van der Waals surface area contributed by atoms with E-state index in [1.807, 2.05) is 75.4 Å². The van der Waals surface area contributed by atoms with Gasteiger partial charge in [-0.2, -0.15) is 0 Å². The van der Waals surface area contributed by atoms with Crippen LogP contribution in [-0.4, -0.2) is 22.7 Å². The number of thioether (sulfide) groups is 1. The fourth-order valence-electron chi connectivity index (χ4n) is 3.44. The summed E-state index contributed by atoms with van der Waals surface area (Å²) < 4.78 is 6.19. The summed E-state index contributed by atoms with van der Waals surface area (Å²) in [5.74, 6) is 0.148. The van der Waals surface area contributed by atoms with E-state index in [1.54, 1.807) is 23.1 Å². The molecule has 0 saturated carbocycles. The van der Waals surface area contributed by atoms with Gasteiger partial charge in [0.1, 0.15) is 5.75 Å². The highest BCUT2D eigenvalue weighted by Gasteiger charge is 2.33. The van der Waals surface area contributed by atoms with Gasteiger partial charge >= 0.3 is 0 Å². The maximum Gasteiger partial charge on any atom is 0.270 e. The molecule has 1 saturated heterocycles. The Morgan fingerprint density at radius 1 is 1.03 bits per heavy atom. The van der Waals surface area contributed by atoms with Crippen LogP contribution in [0.2, 0.25) is 0 Å². The van der Waals surface area contributed by atoms with Crippen molar-refractivity contribution < 1.29 is 14.3 Å². The predicted octanol–water partition coefficient (Wildman–Crippen LogP) is 6.04. The molecular weight excluding hydrogens is 464 g/mol. The lowest BCUT2D eigenvalue weighted by molar-refractivity contribution is -0.118. The number of aryl methyl sites for hydroxylation is 3. The van der Waals surface area contributed by atoms with Crippen LogP contribution in [0.5, 0.6) is 5.75 Å². The smallest absolute Gasteiger partial charge is 0.270 e. The number of nitrogens with one attached hydrogen (secondary N) is 1. The second-order valence-corrected chi connectivity index (χ2v) is 9.76. The zero-order valence-corrected chi connectivity index (χ0v) is 20.8. The highest BCUT2D eigenvalue weighted by Crippen LogP contribution is 2.36. The van der Waals surface area contributed by atoms with Gasteiger partial charge in [-0.3, -0.25) is 14.5 Å². The number of carbonyl (C=O) groups is 2. The molecule has 0 spiro atoms. The zero-order valence-electron chi connectivity index (χ0n) is 19.1. The van der Waals surface area contributed by atoms with E-state index in [4.69, 9.17) is 17.0 Å². The van der Waals surface area contributed by atoms with Crippen LogP contribution < -0.4 is 15.0 Å². The first-order valence-corrected chi connectivity index (χ1v) is 12.0. The molecule has 0 atom stereocenters. The van der Waals surface area contributed by atoms with Crippen LogP contribution in [0.1, 0.15) is 22.3 Å². The number of amides is 2. The maximum absolute atomic E-state index is 13.0. The molecule has 172 valence electrons. The monoisotopic (exact) mass is 488 g/mol. The molecule has 5 nitrogen and oxygen atoms in total. The van der Waals surface area contributed by atoms with E-state index in [0.29, 0.717) is 15.0 Å². The summed E-state index contributed by atoms with van der Waals surface area (Å²) in [5.41, 5.74) is 5.49. The molecule has 7 heteroatoms. The van der Waals surface area contributed by atoms with Crippen LogP contribution >= 0.6 is 24.0 Å². The first-order valence-electron chi connectivity index (χ1n) is 10.7. The van der Waals surface area contributed by atoms with Gasteiger partial charge in [-0.25, -0.2) is 0 Å². The number of nitrogens with zero attached hydrogens (tertiary/aromatic N) is 1. The number of thiocarbonyl (C=S) groups is 1. The van der Waals surface area contributed by atoms with Crippen molar-refractivity contribution in [1.82, 2.24) is 0 Å². The topological polar surface area (TPSA) is 58.6 Å². The molecule has 3 aromatic rings. The molecule has 1 aliphatic rings. The summed E-state index contributed by atoms with van der Waals surface area (Å²) in [6.45, 7) is 5.80.